The Bertz CT molecular complexity index is 578. The van der Waals surface area contributed by atoms with E-state index < -0.39 is 5.60 Å². The van der Waals surface area contributed by atoms with E-state index in [0.717, 1.165) is 16.9 Å². The number of nitrogens with one attached hydrogen (secondary N) is 1. The molecule has 0 aromatic carbocycles. The van der Waals surface area contributed by atoms with Gasteiger partial charge in [-0.2, -0.15) is 0 Å². The van der Waals surface area contributed by atoms with Crippen LogP contribution in [0.2, 0.25) is 0 Å². The van der Waals surface area contributed by atoms with Crippen molar-refractivity contribution in [2.75, 3.05) is 7.05 Å². The third-order valence-corrected chi connectivity index (χ3v) is 4.06. The summed E-state index contributed by atoms with van der Waals surface area (Å²) in [6.07, 6.45) is 3.24. The van der Waals surface area contributed by atoms with Crippen LogP contribution in [-0.4, -0.2) is 24.4 Å². The van der Waals surface area contributed by atoms with Crippen LogP contribution in [0.4, 0.5) is 0 Å². The number of carbonyl (C=O) groups excluding carboxylic acids is 2. The van der Waals surface area contributed by atoms with Gasteiger partial charge < -0.3 is 10.1 Å². The topological polar surface area (TPSA) is 55.4 Å². The first-order valence-electron chi connectivity index (χ1n) is 6.59. The van der Waals surface area contributed by atoms with Crippen molar-refractivity contribution in [2.24, 2.45) is 0 Å². The number of Topliss-reactive ketones (excluding diaryl/α,β-unsaturated/α-hetero) is 1. The Morgan fingerprint density at radius 3 is 2.70 bits per heavy atom. The summed E-state index contributed by atoms with van der Waals surface area (Å²) in [5.41, 5.74) is 0.875. The molecule has 1 heterocycles. The molecule has 1 aromatic rings. The SMILES string of the molecule is CN/C=C1\CCc2sc(C(=O)OC(C)(C)C)cc2C1=O. The van der Waals surface area contributed by atoms with Gasteiger partial charge in [0, 0.05) is 29.3 Å². The number of ketones is 1. The van der Waals surface area contributed by atoms with Gasteiger partial charge in [0.15, 0.2) is 5.78 Å². The second-order valence-electron chi connectivity index (χ2n) is 5.74. The van der Waals surface area contributed by atoms with Crippen LogP contribution in [0.25, 0.3) is 0 Å². The van der Waals surface area contributed by atoms with Crippen molar-refractivity contribution in [3.8, 4) is 0 Å². The van der Waals surface area contributed by atoms with E-state index in [1.54, 1.807) is 19.3 Å². The lowest BCUT2D eigenvalue weighted by atomic mass is 9.93. The fraction of sp³-hybridized carbons (Fsp3) is 0.467. The number of ether oxygens (including phenoxy) is 1. The van der Waals surface area contributed by atoms with Gasteiger partial charge in [0.25, 0.3) is 0 Å². The molecule has 0 fully saturated rings. The van der Waals surface area contributed by atoms with Crippen molar-refractivity contribution in [1.82, 2.24) is 5.32 Å². The third kappa shape index (κ3) is 3.10. The molecule has 0 bridgehead atoms. The van der Waals surface area contributed by atoms with Crippen LogP contribution in [0.1, 0.15) is 52.1 Å². The molecule has 1 aliphatic carbocycles. The van der Waals surface area contributed by atoms with Gasteiger partial charge in [-0.25, -0.2) is 4.79 Å². The lowest BCUT2D eigenvalue weighted by Crippen LogP contribution is -2.23. The Hall–Kier alpha value is -1.62. The van der Waals surface area contributed by atoms with Gasteiger partial charge in [0.05, 0.1) is 0 Å². The summed E-state index contributed by atoms with van der Waals surface area (Å²) < 4.78 is 5.34. The van der Waals surface area contributed by atoms with Gasteiger partial charge in [0.2, 0.25) is 0 Å². The second kappa shape index (κ2) is 5.40. The molecule has 4 nitrogen and oxygen atoms in total. The molecule has 0 unspecified atom stereocenters. The van der Waals surface area contributed by atoms with E-state index in [2.05, 4.69) is 5.32 Å². The normalized spacial score (nSPS) is 17.0. The molecule has 0 amide bonds. The Kier molecular flexibility index (Phi) is 3.99. The van der Waals surface area contributed by atoms with Gasteiger partial charge in [-0.15, -0.1) is 11.3 Å². The summed E-state index contributed by atoms with van der Waals surface area (Å²) in [6.45, 7) is 5.49. The summed E-state index contributed by atoms with van der Waals surface area (Å²) in [5, 5.41) is 2.89. The maximum Gasteiger partial charge on any atom is 0.348 e. The van der Waals surface area contributed by atoms with E-state index in [-0.39, 0.29) is 11.8 Å². The number of thiophene rings is 1. The molecule has 108 valence electrons. The predicted molar refractivity (Wildman–Crippen MR) is 79.3 cm³/mol. The second-order valence-corrected chi connectivity index (χ2v) is 6.87. The van der Waals surface area contributed by atoms with Crippen molar-refractivity contribution in [2.45, 2.75) is 39.2 Å². The highest BCUT2D eigenvalue weighted by atomic mass is 32.1. The van der Waals surface area contributed by atoms with Gasteiger partial charge in [-0.05, 0) is 39.7 Å². The highest BCUT2D eigenvalue weighted by Gasteiger charge is 2.28. The van der Waals surface area contributed by atoms with Crippen LogP contribution in [0.5, 0.6) is 0 Å². The first kappa shape index (κ1) is 14.8. The standard InChI is InChI=1S/C15H19NO3S/c1-15(2,3)19-14(18)12-7-10-11(20-12)6-5-9(8-16-4)13(10)17/h7-8,16H,5-6H2,1-4H3/b9-8+. The van der Waals surface area contributed by atoms with E-state index in [1.165, 1.54) is 11.3 Å². The van der Waals surface area contributed by atoms with Crippen molar-refractivity contribution >= 4 is 23.1 Å². The molecule has 5 heteroatoms. The molecule has 0 saturated heterocycles. The van der Waals surface area contributed by atoms with Crippen LogP contribution in [0.3, 0.4) is 0 Å². The van der Waals surface area contributed by atoms with Crippen LogP contribution >= 0.6 is 11.3 Å². The third-order valence-electron chi connectivity index (χ3n) is 2.89. The molecule has 0 aliphatic heterocycles. The molecule has 2 rings (SSSR count). The predicted octanol–water partition coefficient (Wildman–Crippen LogP) is 2.94. The van der Waals surface area contributed by atoms with E-state index in [1.807, 2.05) is 20.8 Å². The zero-order valence-corrected chi connectivity index (χ0v) is 13.0. The summed E-state index contributed by atoms with van der Waals surface area (Å²) >= 11 is 1.36. The van der Waals surface area contributed by atoms with Gasteiger partial charge in [-0.3, -0.25) is 4.79 Å². The van der Waals surface area contributed by atoms with Crippen molar-refractivity contribution < 1.29 is 14.3 Å². The molecule has 0 saturated carbocycles. The van der Waals surface area contributed by atoms with Gasteiger partial charge in [-0.1, -0.05) is 0 Å². The van der Waals surface area contributed by atoms with Crippen LogP contribution in [0.15, 0.2) is 17.8 Å². The monoisotopic (exact) mass is 293 g/mol. The molecule has 0 atom stereocenters. The first-order chi connectivity index (χ1) is 9.31. The molecule has 0 spiro atoms. The van der Waals surface area contributed by atoms with Crippen molar-refractivity contribution in [1.29, 1.82) is 0 Å². The minimum Gasteiger partial charge on any atom is -0.456 e. The Morgan fingerprint density at radius 2 is 2.10 bits per heavy atom. The van der Waals surface area contributed by atoms with Crippen LogP contribution in [-0.2, 0) is 11.2 Å². The van der Waals surface area contributed by atoms with Gasteiger partial charge >= 0.3 is 5.97 Å². The number of allylic oxidation sites excluding steroid dienone is 1. The fourth-order valence-corrected chi connectivity index (χ4v) is 3.12. The van der Waals surface area contributed by atoms with Crippen molar-refractivity contribution in [3.05, 3.63) is 33.2 Å². The number of hydrogen-bond donors (Lipinski definition) is 1. The molecular formula is C15H19NO3S. The number of carbonyl (C=O) groups is 2. The Balaban J connectivity index is 2.27. The minimum absolute atomic E-state index is 0.00617. The van der Waals surface area contributed by atoms with Gasteiger partial charge in [0.1, 0.15) is 10.5 Å². The fourth-order valence-electron chi connectivity index (χ4n) is 2.08. The number of rotatable bonds is 2. The summed E-state index contributed by atoms with van der Waals surface area (Å²) in [7, 11) is 1.77. The maximum atomic E-state index is 12.3. The number of aryl methyl sites for hydroxylation is 1. The Labute approximate surface area is 122 Å². The van der Waals surface area contributed by atoms with E-state index in [4.69, 9.17) is 4.74 Å². The minimum atomic E-state index is -0.525. The lowest BCUT2D eigenvalue weighted by molar-refractivity contribution is 0.00752. The summed E-state index contributed by atoms with van der Waals surface area (Å²) in [6, 6.07) is 1.67. The van der Waals surface area contributed by atoms with E-state index >= 15 is 0 Å². The Morgan fingerprint density at radius 1 is 1.40 bits per heavy atom. The largest absolute Gasteiger partial charge is 0.456 e. The quantitative estimate of drug-likeness (QED) is 0.673. The number of hydrogen-bond acceptors (Lipinski definition) is 5. The van der Waals surface area contributed by atoms with E-state index in [0.29, 0.717) is 16.9 Å². The van der Waals surface area contributed by atoms with Crippen molar-refractivity contribution in [3.63, 3.8) is 0 Å². The average molecular weight is 293 g/mol. The van der Waals surface area contributed by atoms with Crippen LogP contribution < -0.4 is 5.32 Å². The van der Waals surface area contributed by atoms with E-state index in [9.17, 15) is 9.59 Å². The number of fused-ring (bicyclic) bond motifs is 1. The summed E-state index contributed by atoms with van der Waals surface area (Å²) in [5.74, 6) is -0.351. The summed E-state index contributed by atoms with van der Waals surface area (Å²) in [4.78, 5) is 25.8. The molecule has 1 aromatic heterocycles. The molecule has 1 N–H and O–H groups in total. The molecule has 1 aliphatic rings. The molecular weight excluding hydrogens is 274 g/mol. The van der Waals surface area contributed by atoms with Crippen LogP contribution in [0, 0.1) is 0 Å². The molecule has 20 heavy (non-hydrogen) atoms. The highest BCUT2D eigenvalue weighted by molar-refractivity contribution is 7.14. The average Bonchev–Trinajstić information content (AvgIpc) is 2.76. The lowest BCUT2D eigenvalue weighted by Gasteiger charge is -2.18. The maximum absolute atomic E-state index is 12.3. The smallest absolute Gasteiger partial charge is 0.348 e. The highest BCUT2D eigenvalue weighted by Crippen LogP contribution is 2.32. The zero-order chi connectivity index (χ0) is 14.9. The number of esters is 1. The first-order valence-corrected chi connectivity index (χ1v) is 7.40. The zero-order valence-electron chi connectivity index (χ0n) is 12.2. The molecule has 0 radical (unpaired) electrons.